The Morgan fingerprint density at radius 1 is 1.30 bits per heavy atom. The molecule has 0 aliphatic heterocycles. The molecule has 2 aromatic rings. The van der Waals surface area contributed by atoms with Gasteiger partial charge in [-0.15, -0.1) is 0 Å². The number of hydrogen-bond acceptors (Lipinski definition) is 3. The Morgan fingerprint density at radius 2 is 1.91 bits per heavy atom. The van der Waals surface area contributed by atoms with Gasteiger partial charge in [0.1, 0.15) is 23.2 Å². The first-order valence-electron chi connectivity index (χ1n) is 7.31. The lowest BCUT2D eigenvalue weighted by Crippen LogP contribution is -2.32. The molecular formula is C17H19F2NO3. The van der Waals surface area contributed by atoms with Crippen molar-refractivity contribution in [3.8, 4) is 0 Å². The minimum Gasteiger partial charge on any atom is -0.465 e. The van der Waals surface area contributed by atoms with E-state index in [1.807, 2.05) is 13.8 Å². The van der Waals surface area contributed by atoms with Crippen molar-refractivity contribution in [2.45, 2.75) is 32.7 Å². The average molecular weight is 323 g/mol. The molecule has 2 N–H and O–H groups in total. The first kappa shape index (κ1) is 17.1. The van der Waals surface area contributed by atoms with Crippen molar-refractivity contribution >= 4 is 5.91 Å². The maximum Gasteiger partial charge on any atom is 0.255 e. The normalized spacial score (nSPS) is 12.5. The number of carbonyl (C=O) groups is 1. The van der Waals surface area contributed by atoms with Crippen molar-refractivity contribution in [3.05, 3.63) is 58.5 Å². The van der Waals surface area contributed by atoms with Gasteiger partial charge in [0.15, 0.2) is 0 Å². The predicted octanol–water partition coefficient (Wildman–Crippen LogP) is 3.45. The van der Waals surface area contributed by atoms with Gasteiger partial charge in [-0.2, -0.15) is 0 Å². The second kappa shape index (κ2) is 6.91. The molecule has 4 nitrogen and oxygen atoms in total. The number of amides is 1. The molecule has 124 valence electrons. The van der Waals surface area contributed by atoms with Gasteiger partial charge >= 0.3 is 0 Å². The summed E-state index contributed by atoms with van der Waals surface area (Å²) in [6, 6.07) is 3.79. The Bertz CT molecular complexity index is 690. The minimum atomic E-state index is -1.18. The number of halogens is 2. The van der Waals surface area contributed by atoms with Gasteiger partial charge in [-0.25, -0.2) is 8.78 Å². The summed E-state index contributed by atoms with van der Waals surface area (Å²) in [4.78, 5) is 12.3. The van der Waals surface area contributed by atoms with Crippen molar-refractivity contribution in [2.75, 3.05) is 6.61 Å². The predicted molar refractivity (Wildman–Crippen MR) is 81.2 cm³/mol. The summed E-state index contributed by atoms with van der Waals surface area (Å²) in [6.45, 7) is 4.85. The van der Waals surface area contributed by atoms with Gasteiger partial charge in [0.25, 0.3) is 5.91 Å². The Kier molecular flexibility index (Phi) is 5.15. The van der Waals surface area contributed by atoms with Crippen LogP contribution in [0.2, 0.25) is 0 Å². The number of nitrogens with one attached hydrogen (secondary N) is 1. The standard InChI is InChI=1S/C17H19F2NO3/c1-9(2)15-7-11(10(3)23-15)17(22)20-14(8-21)16-12(18)5-4-6-13(16)19/h4-7,9,14,21H,8H2,1-3H3,(H,20,22). The summed E-state index contributed by atoms with van der Waals surface area (Å²) in [5.74, 6) is -1.04. The number of rotatable bonds is 5. The molecule has 1 aromatic carbocycles. The van der Waals surface area contributed by atoms with E-state index in [1.54, 1.807) is 13.0 Å². The molecule has 23 heavy (non-hydrogen) atoms. The van der Waals surface area contributed by atoms with E-state index in [-0.39, 0.29) is 17.0 Å². The number of aliphatic hydroxyl groups is 1. The highest BCUT2D eigenvalue weighted by Crippen LogP contribution is 2.24. The fourth-order valence-corrected chi connectivity index (χ4v) is 2.30. The Morgan fingerprint density at radius 3 is 2.39 bits per heavy atom. The number of aryl methyl sites for hydroxylation is 1. The third kappa shape index (κ3) is 3.59. The summed E-state index contributed by atoms with van der Waals surface area (Å²) in [5.41, 5.74) is -0.0857. The Hall–Kier alpha value is -2.21. The highest BCUT2D eigenvalue weighted by atomic mass is 19.1. The van der Waals surface area contributed by atoms with Gasteiger partial charge < -0.3 is 14.8 Å². The van der Waals surface area contributed by atoms with Crippen LogP contribution < -0.4 is 5.32 Å². The van der Waals surface area contributed by atoms with Crippen molar-refractivity contribution in [2.24, 2.45) is 0 Å². The van der Waals surface area contributed by atoms with E-state index in [2.05, 4.69) is 5.32 Å². The third-order valence-corrected chi connectivity index (χ3v) is 3.59. The molecular weight excluding hydrogens is 304 g/mol. The van der Waals surface area contributed by atoms with Crippen molar-refractivity contribution in [3.63, 3.8) is 0 Å². The Balaban J connectivity index is 2.27. The largest absolute Gasteiger partial charge is 0.465 e. The van der Waals surface area contributed by atoms with E-state index in [4.69, 9.17) is 4.42 Å². The molecule has 6 heteroatoms. The zero-order valence-corrected chi connectivity index (χ0v) is 13.2. The van der Waals surface area contributed by atoms with Crippen LogP contribution in [0.1, 0.15) is 53.2 Å². The summed E-state index contributed by atoms with van der Waals surface area (Å²) in [5, 5.41) is 11.9. The van der Waals surface area contributed by atoms with Crippen LogP contribution in [0.25, 0.3) is 0 Å². The number of furan rings is 1. The number of benzene rings is 1. The lowest BCUT2D eigenvalue weighted by molar-refractivity contribution is 0.0912. The molecule has 0 bridgehead atoms. The van der Waals surface area contributed by atoms with Gasteiger partial charge in [-0.05, 0) is 25.1 Å². The molecule has 0 radical (unpaired) electrons. The summed E-state index contributed by atoms with van der Waals surface area (Å²) in [6.07, 6.45) is 0. The smallest absolute Gasteiger partial charge is 0.255 e. The van der Waals surface area contributed by atoms with E-state index in [1.165, 1.54) is 6.07 Å². The summed E-state index contributed by atoms with van der Waals surface area (Å²) < 4.78 is 33.1. The van der Waals surface area contributed by atoms with Crippen LogP contribution in [0.5, 0.6) is 0 Å². The molecule has 1 atom stereocenters. The number of aliphatic hydroxyl groups excluding tert-OH is 1. The van der Waals surface area contributed by atoms with Crippen molar-refractivity contribution in [1.29, 1.82) is 0 Å². The van der Waals surface area contributed by atoms with E-state index in [0.29, 0.717) is 11.5 Å². The van der Waals surface area contributed by atoms with E-state index >= 15 is 0 Å². The average Bonchev–Trinajstić information content (AvgIpc) is 2.88. The lowest BCUT2D eigenvalue weighted by atomic mass is 10.1. The molecule has 0 aliphatic carbocycles. The van der Waals surface area contributed by atoms with E-state index in [9.17, 15) is 18.7 Å². The molecule has 1 heterocycles. The first-order chi connectivity index (χ1) is 10.8. The monoisotopic (exact) mass is 323 g/mol. The zero-order valence-electron chi connectivity index (χ0n) is 13.2. The van der Waals surface area contributed by atoms with Crippen LogP contribution >= 0.6 is 0 Å². The van der Waals surface area contributed by atoms with Crippen LogP contribution in [0.3, 0.4) is 0 Å². The van der Waals surface area contributed by atoms with Crippen LogP contribution in [-0.2, 0) is 0 Å². The third-order valence-electron chi connectivity index (χ3n) is 3.59. The molecule has 1 amide bonds. The molecule has 0 aliphatic rings. The second-order valence-corrected chi connectivity index (χ2v) is 5.62. The number of carbonyl (C=O) groups excluding carboxylic acids is 1. The topological polar surface area (TPSA) is 62.5 Å². The summed E-state index contributed by atoms with van der Waals surface area (Å²) in [7, 11) is 0. The van der Waals surface area contributed by atoms with Crippen LogP contribution in [-0.4, -0.2) is 17.6 Å². The van der Waals surface area contributed by atoms with Gasteiger partial charge in [0.05, 0.1) is 18.2 Å². The highest BCUT2D eigenvalue weighted by molar-refractivity contribution is 5.95. The second-order valence-electron chi connectivity index (χ2n) is 5.62. The maximum absolute atomic E-state index is 13.8. The molecule has 0 saturated heterocycles. The van der Waals surface area contributed by atoms with Gasteiger partial charge in [0, 0.05) is 11.5 Å². The zero-order chi connectivity index (χ0) is 17.1. The molecule has 2 rings (SSSR count). The fraction of sp³-hybridized carbons (Fsp3) is 0.353. The molecule has 0 saturated carbocycles. The van der Waals surface area contributed by atoms with Gasteiger partial charge in [-0.3, -0.25) is 4.79 Å². The number of hydrogen-bond donors (Lipinski definition) is 2. The van der Waals surface area contributed by atoms with Crippen molar-refractivity contribution in [1.82, 2.24) is 5.32 Å². The van der Waals surface area contributed by atoms with Gasteiger partial charge in [0.2, 0.25) is 0 Å². The first-order valence-corrected chi connectivity index (χ1v) is 7.31. The van der Waals surface area contributed by atoms with E-state index in [0.717, 1.165) is 12.1 Å². The molecule has 0 spiro atoms. The lowest BCUT2D eigenvalue weighted by Gasteiger charge is -2.17. The SMILES string of the molecule is Cc1oc(C(C)C)cc1C(=O)NC(CO)c1c(F)cccc1F. The van der Waals surface area contributed by atoms with Crippen LogP contribution in [0.15, 0.2) is 28.7 Å². The van der Waals surface area contributed by atoms with Crippen LogP contribution in [0, 0.1) is 18.6 Å². The fourth-order valence-electron chi connectivity index (χ4n) is 2.30. The maximum atomic E-state index is 13.8. The Labute approximate surface area is 133 Å². The quantitative estimate of drug-likeness (QED) is 0.886. The summed E-state index contributed by atoms with van der Waals surface area (Å²) >= 11 is 0. The highest BCUT2D eigenvalue weighted by Gasteiger charge is 2.24. The van der Waals surface area contributed by atoms with Crippen molar-refractivity contribution < 1.29 is 23.1 Å². The van der Waals surface area contributed by atoms with Crippen LogP contribution in [0.4, 0.5) is 8.78 Å². The molecule has 1 aromatic heterocycles. The van der Waals surface area contributed by atoms with Gasteiger partial charge in [-0.1, -0.05) is 19.9 Å². The minimum absolute atomic E-state index is 0.105. The molecule has 1 unspecified atom stereocenters. The molecule has 0 fully saturated rings. The van der Waals surface area contributed by atoms with E-state index < -0.39 is 30.2 Å².